The minimum atomic E-state index is 0.284. The molecule has 1 aromatic carbocycles. The first kappa shape index (κ1) is 25.0. The van der Waals surface area contributed by atoms with Gasteiger partial charge < -0.3 is 15.0 Å². The molecule has 0 amide bonds. The quantitative estimate of drug-likeness (QED) is 0.112. The van der Waals surface area contributed by atoms with Crippen molar-refractivity contribution in [3.05, 3.63) is 35.6 Å². The van der Waals surface area contributed by atoms with Crippen LogP contribution in [0.25, 0.3) is 6.08 Å². The van der Waals surface area contributed by atoms with Crippen molar-refractivity contribution in [3.63, 3.8) is 0 Å². The lowest BCUT2D eigenvalue weighted by molar-refractivity contribution is -0.106. The van der Waals surface area contributed by atoms with Crippen LogP contribution in [-0.2, 0) is 9.53 Å². The van der Waals surface area contributed by atoms with Crippen LogP contribution < -0.4 is 10.2 Å². The van der Waals surface area contributed by atoms with E-state index < -0.39 is 0 Å². The van der Waals surface area contributed by atoms with Gasteiger partial charge in [-0.05, 0) is 56.9 Å². The molecule has 0 heterocycles. The molecule has 1 aliphatic carbocycles. The molecule has 0 saturated heterocycles. The predicted octanol–water partition coefficient (Wildman–Crippen LogP) is 5.95. The van der Waals surface area contributed by atoms with Crippen LogP contribution in [0.2, 0.25) is 0 Å². The number of amidine groups is 1. The lowest BCUT2D eigenvalue weighted by Gasteiger charge is -2.24. The highest BCUT2D eigenvalue weighted by atomic mass is 16.5. The highest BCUT2D eigenvalue weighted by Crippen LogP contribution is 2.19. The number of allylic oxidation sites excluding steroid dienone is 1. The first-order chi connectivity index (χ1) is 15.2. The summed E-state index contributed by atoms with van der Waals surface area (Å²) in [7, 11) is 0. The number of carbonyl (C=O) groups is 1. The molecule has 1 fully saturated rings. The second-order valence-electron chi connectivity index (χ2n) is 8.26. The summed E-state index contributed by atoms with van der Waals surface area (Å²) in [4.78, 5) is 18.7. The number of nitrogens with zero attached hydrogens (tertiary/aromatic N) is 2. The number of carbonyl (C=O) groups excluding carboxylic acids is 1. The molecule has 1 aromatic rings. The largest absolute Gasteiger partial charge is 0.423 e. The highest BCUT2D eigenvalue weighted by molar-refractivity contribution is 5.85. The van der Waals surface area contributed by atoms with Crippen LogP contribution in [0.5, 0.6) is 0 Å². The number of nitrogens with one attached hydrogen (secondary N) is 1. The van der Waals surface area contributed by atoms with Gasteiger partial charge in [0.2, 0.25) is 0 Å². The molecule has 172 valence electrons. The van der Waals surface area contributed by atoms with Crippen molar-refractivity contribution in [1.82, 2.24) is 5.32 Å². The Morgan fingerprint density at radius 1 is 1.06 bits per heavy atom. The van der Waals surface area contributed by atoms with Crippen LogP contribution >= 0.6 is 0 Å². The van der Waals surface area contributed by atoms with Crippen molar-refractivity contribution in [2.24, 2.45) is 4.99 Å². The molecular formula is C26H41N3O2. The van der Waals surface area contributed by atoms with E-state index >= 15 is 0 Å². The van der Waals surface area contributed by atoms with Crippen LogP contribution in [0.15, 0.2) is 35.0 Å². The summed E-state index contributed by atoms with van der Waals surface area (Å²) in [6.07, 6.45) is 13.2. The van der Waals surface area contributed by atoms with Gasteiger partial charge in [0.05, 0.1) is 0 Å². The van der Waals surface area contributed by atoms with Crippen molar-refractivity contribution < 1.29 is 9.53 Å². The summed E-state index contributed by atoms with van der Waals surface area (Å²) in [5.74, 6) is 0.284. The Hall–Kier alpha value is -2.30. The standard InChI is InChI=1S/C26H41N3O2/c1-4-7-8-12-19-27-26(28-23-13-10-9-11-14-23)31-25(21-30)20-22-15-17-24(18-16-22)29(5-2)6-3/h15-18,20-21,23H,4-14,19H2,1-3H3,(H,27,28)/b25-20+. The maximum atomic E-state index is 11.7. The number of unbranched alkanes of at least 4 members (excludes halogenated alkanes) is 3. The number of benzene rings is 1. The van der Waals surface area contributed by atoms with Gasteiger partial charge in [0.25, 0.3) is 6.02 Å². The van der Waals surface area contributed by atoms with E-state index in [1.807, 2.05) is 12.1 Å². The van der Waals surface area contributed by atoms with E-state index in [1.54, 1.807) is 6.08 Å². The Kier molecular flexibility index (Phi) is 11.8. The number of aliphatic imine (C=N–C) groups is 1. The normalized spacial score (nSPS) is 15.6. The molecule has 0 aliphatic heterocycles. The molecule has 0 spiro atoms. The first-order valence-electron chi connectivity index (χ1n) is 12.2. The summed E-state index contributed by atoms with van der Waals surface area (Å²) in [6, 6.07) is 9.09. The molecular weight excluding hydrogens is 386 g/mol. The van der Waals surface area contributed by atoms with E-state index in [9.17, 15) is 4.79 Å². The third-order valence-corrected chi connectivity index (χ3v) is 5.86. The molecule has 31 heavy (non-hydrogen) atoms. The van der Waals surface area contributed by atoms with Crippen molar-refractivity contribution in [2.75, 3.05) is 24.5 Å². The zero-order valence-electron chi connectivity index (χ0n) is 19.7. The fraction of sp³-hybridized carbons (Fsp3) is 0.615. The van der Waals surface area contributed by atoms with Crippen LogP contribution in [0.3, 0.4) is 0 Å². The summed E-state index contributed by atoms with van der Waals surface area (Å²) < 4.78 is 5.95. The number of aldehydes is 1. The van der Waals surface area contributed by atoms with Gasteiger partial charge in [-0.1, -0.05) is 57.6 Å². The molecule has 5 nitrogen and oxygen atoms in total. The lowest BCUT2D eigenvalue weighted by atomic mass is 9.96. The number of hydrogen-bond donors (Lipinski definition) is 1. The van der Waals surface area contributed by atoms with Crippen molar-refractivity contribution in [2.45, 2.75) is 84.6 Å². The maximum Gasteiger partial charge on any atom is 0.290 e. The van der Waals surface area contributed by atoms with Gasteiger partial charge in [0, 0.05) is 31.4 Å². The molecule has 0 unspecified atom stereocenters. The summed E-state index contributed by atoms with van der Waals surface area (Å²) in [5.41, 5.74) is 2.13. The van der Waals surface area contributed by atoms with Crippen molar-refractivity contribution in [1.29, 1.82) is 0 Å². The van der Waals surface area contributed by atoms with Gasteiger partial charge in [0.1, 0.15) is 0 Å². The van der Waals surface area contributed by atoms with Gasteiger partial charge in [-0.2, -0.15) is 0 Å². The number of ether oxygens (including phenoxy) is 1. The fourth-order valence-corrected chi connectivity index (χ4v) is 3.98. The van der Waals surface area contributed by atoms with Crippen LogP contribution in [0.1, 0.15) is 84.1 Å². The second kappa shape index (κ2) is 14.7. The van der Waals surface area contributed by atoms with Crippen LogP contribution in [0, 0.1) is 0 Å². The van der Waals surface area contributed by atoms with E-state index in [0.29, 0.717) is 12.1 Å². The van der Waals surface area contributed by atoms with E-state index in [-0.39, 0.29) is 5.76 Å². The van der Waals surface area contributed by atoms with Gasteiger partial charge >= 0.3 is 0 Å². The molecule has 0 radical (unpaired) electrons. The molecule has 1 N–H and O–H groups in total. The summed E-state index contributed by atoms with van der Waals surface area (Å²) in [6.45, 7) is 9.17. The molecule has 0 aromatic heterocycles. The van der Waals surface area contributed by atoms with Crippen LogP contribution in [-0.4, -0.2) is 38.0 Å². The minimum Gasteiger partial charge on any atom is -0.423 e. The Labute approximate surface area is 189 Å². The first-order valence-corrected chi connectivity index (χ1v) is 12.2. The monoisotopic (exact) mass is 427 g/mol. The van der Waals surface area contributed by atoms with Gasteiger partial charge in [-0.3, -0.25) is 4.79 Å². The van der Waals surface area contributed by atoms with Crippen molar-refractivity contribution >= 4 is 24.1 Å². The predicted molar refractivity (Wildman–Crippen MR) is 132 cm³/mol. The van der Waals surface area contributed by atoms with Gasteiger partial charge in [-0.25, -0.2) is 4.99 Å². The average Bonchev–Trinajstić information content (AvgIpc) is 2.81. The zero-order chi connectivity index (χ0) is 22.3. The van der Waals surface area contributed by atoms with Gasteiger partial charge in [-0.15, -0.1) is 0 Å². The molecule has 2 rings (SSSR count). The van der Waals surface area contributed by atoms with E-state index in [0.717, 1.165) is 50.7 Å². The Bertz CT molecular complexity index is 687. The van der Waals surface area contributed by atoms with E-state index in [2.05, 4.69) is 48.1 Å². The Morgan fingerprint density at radius 2 is 1.77 bits per heavy atom. The maximum absolute atomic E-state index is 11.7. The molecule has 1 aliphatic rings. The average molecular weight is 428 g/mol. The number of hydrogen-bond acceptors (Lipinski definition) is 4. The number of anilines is 1. The fourth-order valence-electron chi connectivity index (χ4n) is 3.98. The topological polar surface area (TPSA) is 53.9 Å². The Balaban J connectivity index is 2.07. The smallest absolute Gasteiger partial charge is 0.290 e. The zero-order valence-corrected chi connectivity index (χ0v) is 19.7. The minimum absolute atomic E-state index is 0.284. The van der Waals surface area contributed by atoms with E-state index in [4.69, 9.17) is 4.74 Å². The van der Waals surface area contributed by atoms with E-state index in [1.165, 1.54) is 44.2 Å². The lowest BCUT2D eigenvalue weighted by Crippen LogP contribution is -2.37. The molecule has 0 atom stereocenters. The van der Waals surface area contributed by atoms with Gasteiger partial charge in [0.15, 0.2) is 12.0 Å². The second-order valence-corrected chi connectivity index (χ2v) is 8.26. The molecule has 0 bridgehead atoms. The molecule has 5 heteroatoms. The summed E-state index contributed by atoms with van der Waals surface area (Å²) >= 11 is 0. The third kappa shape index (κ3) is 9.16. The summed E-state index contributed by atoms with van der Waals surface area (Å²) in [5, 5.41) is 3.46. The third-order valence-electron chi connectivity index (χ3n) is 5.86. The highest BCUT2D eigenvalue weighted by Gasteiger charge is 2.16. The van der Waals surface area contributed by atoms with Crippen molar-refractivity contribution in [3.8, 4) is 0 Å². The SMILES string of the molecule is CCCCCCN=C(NC1CCCCC1)O/C(C=O)=C/c1ccc(N(CC)CC)cc1. The van der Waals surface area contributed by atoms with Crippen LogP contribution in [0.4, 0.5) is 5.69 Å². The number of rotatable bonds is 12. The molecule has 1 saturated carbocycles. The Morgan fingerprint density at radius 3 is 2.39 bits per heavy atom.